The highest BCUT2D eigenvalue weighted by atomic mass is 79.9. The van der Waals surface area contributed by atoms with Crippen molar-refractivity contribution in [3.63, 3.8) is 0 Å². The van der Waals surface area contributed by atoms with Gasteiger partial charge in [0.05, 0.1) is 11.1 Å². The molecule has 4 rings (SSSR count). The average molecular weight is 598 g/mol. The fourth-order valence-electron chi connectivity index (χ4n) is 3.98. The van der Waals surface area contributed by atoms with Crippen LogP contribution in [0.1, 0.15) is 39.7 Å². The van der Waals surface area contributed by atoms with Crippen LogP contribution in [0.3, 0.4) is 0 Å². The quantitative estimate of drug-likeness (QED) is 0.326. The van der Waals surface area contributed by atoms with Gasteiger partial charge in [0.2, 0.25) is 0 Å². The van der Waals surface area contributed by atoms with Crippen molar-refractivity contribution in [2.75, 3.05) is 13.1 Å². The normalized spacial score (nSPS) is 15.0. The van der Waals surface area contributed by atoms with Gasteiger partial charge < -0.3 is 14.2 Å². The summed E-state index contributed by atoms with van der Waals surface area (Å²) in [5.74, 6) is -0.287. The zero-order valence-corrected chi connectivity index (χ0v) is 22.2. The molecule has 1 aromatic heterocycles. The second-order valence-electron chi connectivity index (χ2n) is 9.16. The summed E-state index contributed by atoms with van der Waals surface area (Å²) in [7, 11) is 0. The summed E-state index contributed by atoms with van der Waals surface area (Å²) in [5.41, 5.74) is -0.0381. The van der Waals surface area contributed by atoms with Crippen molar-refractivity contribution >= 4 is 38.0 Å². The highest BCUT2D eigenvalue weighted by Crippen LogP contribution is 2.36. The Morgan fingerprint density at radius 1 is 0.941 bits per heavy atom. The minimum Gasteiger partial charge on any atom is -0.444 e. The third kappa shape index (κ3) is 5.33. The van der Waals surface area contributed by atoms with Gasteiger partial charge in [0.15, 0.2) is 11.6 Å². The topological polar surface area (TPSA) is 60.2 Å². The van der Waals surface area contributed by atoms with E-state index in [0.29, 0.717) is 46.5 Å². The number of aromatic nitrogens is 3. The molecule has 1 fully saturated rings. The van der Waals surface area contributed by atoms with Crippen LogP contribution >= 0.6 is 31.9 Å². The Kier molecular flexibility index (Phi) is 7.09. The molecular formula is C24H24Br2F2N4O2. The van der Waals surface area contributed by atoms with Gasteiger partial charge in [0.1, 0.15) is 17.2 Å². The zero-order valence-electron chi connectivity index (χ0n) is 19.0. The van der Waals surface area contributed by atoms with Crippen LogP contribution in [-0.2, 0) is 4.74 Å². The Hall–Kier alpha value is -2.33. The first kappa shape index (κ1) is 24.8. The van der Waals surface area contributed by atoms with E-state index in [0.717, 1.165) is 0 Å². The van der Waals surface area contributed by atoms with E-state index < -0.39 is 17.2 Å². The second kappa shape index (κ2) is 9.73. The molecule has 0 saturated carbocycles. The summed E-state index contributed by atoms with van der Waals surface area (Å²) >= 11 is 6.55. The van der Waals surface area contributed by atoms with Gasteiger partial charge in [-0.3, -0.25) is 0 Å². The number of nitrogens with zero attached hydrogens (tertiary/aromatic N) is 4. The Morgan fingerprint density at radius 2 is 1.41 bits per heavy atom. The first-order chi connectivity index (χ1) is 16.0. The Labute approximate surface area is 213 Å². The number of halogens is 4. The van der Waals surface area contributed by atoms with E-state index in [1.54, 1.807) is 33.7 Å². The first-order valence-electron chi connectivity index (χ1n) is 10.9. The summed E-state index contributed by atoms with van der Waals surface area (Å²) in [5, 5.41) is 8.54. The predicted molar refractivity (Wildman–Crippen MR) is 132 cm³/mol. The number of likely N-dealkylation sites (tertiary alicyclic amines) is 1. The number of piperidine rings is 1. The van der Waals surface area contributed by atoms with Crippen LogP contribution in [0.25, 0.3) is 22.8 Å². The van der Waals surface area contributed by atoms with Gasteiger partial charge in [-0.05, 0) is 70.0 Å². The number of rotatable bonds is 3. The smallest absolute Gasteiger partial charge is 0.410 e. The number of ether oxygens (including phenoxy) is 1. The molecule has 1 saturated heterocycles. The number of hydrogen-bond donors (Lipinski definition) is 0. The standard InChI is InChI=1S/C24H24Br2F2N4O2/c1-24(2,3)34-23(33)31-10-8-16(9-11-31)32-21(17-6-4-14(25)12-19(17)27)29-30-22(32)18-7-5-15(26)13-20(18)28/h4-7,12-13,16H,8-11H2,1-3H3. The van der Waals surface area contributed by atoms with Crippen LogP contribution in [0, 0.1) is 11.6 Å². The molecule has 1 amide bonds. The van der Waals surface area contributed by atoms with Crippen molar-refractivity contribution in [1.82, 2.24) is 19.7 Å². The molecule has 0 unspecified atom stereocenters. The maximum atomic E-state index is 14.9. The molecule has 0 atom stereocenters. The molecule has 1 aliphatic heterocycles. The minimum absolute atomic E-state index is 0.162. The van der Waals surface area contributed by atoms with Crippen molar-refractivity contribution in [3.05, 3.63) is 57.0 Å². The lowest BCUT2D eigenvalue weighted by atomic mass is 10.0. The first-order valence-corrected chi connectivity index (χ1v) is 12.5. The van der Waals surface area contributed by atoms with Crippen molar-refractivity contribution < 1.29 is 18.3 Å². The Bertz CT molecular complexity index is 1150. The second-order valence-corrected chi connectivity index (χ2v) is 11.0. The molecule has 6 nitrogen and oxygen atoms in total. The van der Waals surface area contributed by atoms with E-state index in [4.69, 9.17) is 4.74 Å². The highest BCUT2D eigenvalue weighted by molar-refractivity contribution is 9.10. The summed E-state index contributed by atoms with van der Waals surface area (Å²) in [6, 6.07) is 9.25. The van der Waals surface area contributed by atoms with Gasteiger partial charge in [-0.1, -0.05) is 31.9 Å². The van der Waals surface area contributed by atoms with Gasteiger partial charge in [0, 0.05) is 28.1 Å². The lowest BCUT2D eigenvalue weighted by Crippen LogP contribution is -2.42. The van der Waals surface area contributed by atoms with Crippen LogP contribution in [0.4, 0.5) is 13.6 Å². The van der Waals surface area contributed by atoms with Crippen molar-refractivity contribution in [2.45, 2.75) is 45.3 Å². The molecule has 2 heterocycles. The molecule has 2 aromatic carbocycles. The van der Waals surface area contributed by atoms with Crippen LogP contribution < -0.4 is 0 Å². The van der Waals surface area contributed by atoms with Crippen molar-refractivity contribution in [3.8, 4) is 22.8 Å². The number of benzene rings is 2. The van der Waals surface area contributed by atoms with E-state index in [1.165, 1.54) is 12.1 Å². The van der Waals surface area contributed by atoms with Crippen LogP contribution in [0.2, 0.25) is 0 Å². The molecule has 34 heavy (non-hydrogen) atoms. The lowest BCUT2D eigenvalue weighted by Gasteiger charge is -2.34. The number of carbonyl (C=O) groups is 1. The third-order valence-electron chi connectivity index (χ3n) is 5.52. The van der Waals surface area contributed by atoms with Crippen molar-refractivity contribution in [1.29, 1.82) is 0 Å². The van der Waals surface area contributed by atoms with Crippen LogP contribution in [-0.4, -0.2) is 44.4 Å². The maximum absolute atomic E-state index is 14.9. The molecular weight excluding hydrogens is 574 g/mol. The molecule has 180 valence electrons. The molecule has 0 N–H and O–H groups in total. The monoisotopic (exact) mass is 596 g/mol. The molecule has 3 aromatic rings. The van der Waals surface area contributed by atoms with Crippen LogP contribution in [0.15, 0.2) is 45.3 Å². The van der Waals surface area contributed by atoms with E-state index in [1.807, 2.05) is 20.8 Å². The number of carbonyl (C=O) groups excluding carboxylic acids is 1. The molecule has 0 bridgehead atoms. The molecule has 0 spiro atoms. The largest absolute Gasteiger partial charge is 0.444 e. The fraction of sp³-hybridized carbons (Fsp3) is 0.375. The maximum Gasteiger partial charge on any atom is 0.410 e. The molecule has 10 heteroatoms. The van der Waals surface area contributed by atoms with Gasteiger partial charge in [0.25, 0.3) is 0 Å². The number of amides is 1. The van der Waals surface area contributed by atoms with E-state index >= 15 is 0 Å². The molecule has 0 aliphatic carbocycles. The summed E-state index contributed by atoms with van der Waals surface area (Å²) in [6.45, 7) is 6.37. The summed E-state index contributed by atoms with van der Waals surface area (Å²) in [6.07, 6.45) is 0.759. The van der Waals surface area contributed by atoms with E-state index in [2.05, 4.69) is 42.1 Å². The number of hydrogen-bond acceptors (Lipinski definition) is 4. The lowest BCUT2D eigenvalue weighted by molar-refractivity contribution is 0.0189. The predicted octanol–water partition coefficient (Wildman–Crippen LogP) is 6.99. The minimum atomic E-state index is -0.583. The Balaban J connectivity index is 1.71. The molecule has 0 radical (unpaired) electrons. The van der Waals surface area contributed by atoms with Crippen LogP contribution in [0.5, 0.6) is 0 Å². The summed E-state index contributed by atoms with van der Waals surface area (Å²) < 4.78 is 38.3. The van der Waals surface area contributed by atoms with Crippen molar-refractivity contribution in [2.24, 2.45) is 0 Å². The average Bonchev–Trinajstić information content (AvgIpc) is 3.17. The third-order valence-corrected chi connectivity index (χ3v) is 6.51. The highest BCUT2D eigenvalue weighted by Gasteiger charge is 2.31. The van der Waals surface area contributed by atoms with E-state index in [-0.39, 0.29) is 23.3 Å². The molecule has 1 aliphatic rings. The van der Waals surface area contributed by atoms with Gasteiger partial charge >= 0.3 is 6.09 Å². The van der Waals surface area contributed by atoms with E-state index in [9.17, 15) is 13.6 Å². The Morgan fingerprint density at radius 3 is 1.82 bits per heavy atom. The summed E-state index contributed by atoms with van der Waals surface area (Å²) in [4.78, 5) is 14.2. The zero-order chi connectivity index (χ0) is 24.6. The van der Waals surface area contributed by atoms with Gasteiger partial charge in [-0.15, -0.1) is 10.2 Å². The van der Waals surface area contributed by atoms with Gasteiger partial charge in [-0.2, -0.15) is 0 Å². The SMILES string of the molecule is CC(C)(C)OC(=O)N1CCC(n2c(-c3ccc(Br)cc3F)nnc2-c2ccc(Br)cc2F)CC1. The fourth-order valence-corrected chi connectivity index (χ4v) is 4.65. The van der Waals surface area contributed by atoms with Gasteiger partial charge in [-0.25, -0.2) is 13.6 Å².